The molecule has 0 aliphatic heterocycles. The summed E-state index contributed by atoms with van der Waals surface area (Å²) in [6.45, 7) is 4.16. The second-order valence-corrected chi connectivity index (χ2v) is 4.94. The molecule has 0 saturated carbocycles. The van der Waals surface area contributed by atoms with Gasteiger partial charge in [0.15, 0.2) is 0 Å². The Morgan fingerprint density at radius 1 is 1.27 bits per heavy atom. The van der Waals surface area contributed by atoms with Gasteiger partial charge in [-0.05, 0) is 57.8 Å². The van der Waals surface area contributed by atoms with Crippen LogP contribution in [0.3, 0.4) is 0 Å². The molecule has 2 atom stereocenters. The maximum atomic E-state index is 9.35. The van der Waals surface area contributed by atoms with Gasteiger partial charge < -0.3 is 5.11 Å². The number of hydrogen-bond donors (Lipinski definition) is 1. The molecular weight excluding hydrogens is 184 g/mol. The summed E-state index contributed by atoms with van der Waals surface area (Å²) >= 11 is 0. The maximum absolute atomic E-state index is 9.35. The Labute approximate surface area is 94.6 Å². The first-order valence-electron chi connectivity index (χ1n) is 6.61. The smallest absolute Gasteiger partial charge is 0.0512 e. The first-order valence-corrected chi connectivity index (χ1v) is 6.61. The summed E-state index contributed by atoms with van der Waals surface area (Å²) in [4.78, 5) is 0. The van der Waals surface area contributed by atoms with Crippen LogP contribution in [0.4, 0.5) is 0 Å². The minimum Gasteiger partial charge on any atom is -0.393 e. The van der Waals surface area contributed by atoms with Crippen LogP contribution in [0, 0.1) is 5.92 Å². The van der Waals surface area contributed by atoms with Crippen molar-refractivity contribution in [3.63, 3.8) is 0 Å². The molecule has 0 spiro atoms. The summed E-state index contributed by atoms with van der Waals surface area (Å²) in [7, 11) is 0. The molecule has 0 heterocycles. The van der Waals surface area contributed by atoms with E-state index < -0.39 is 0 Å². The van der Waals surface area contributed by atoms with Crippen LogP contribution in [-0.2, 0) is 0 Å². The van der Waals surface area contributed by atoms with Gasteiger partial charge in [0, 0.05) is 0 Å². The van der Waals surface area contributed by atoms with E-state index in [2.05, 4.69) is 13.0 Å². The molecule has 0 aromatic carbocycles. The van der Waals surface area contributed by atoms with Gasteiger partial charge in [0.1, 0.15) is 0 Å². The highest BCUT2D eigenvalue weighted by molar-refractivity contribution is 5.09. The van der Waals surface area contributed by atoms with Crippen LogP contribution >= 0.6 is 0 Å². The SMILES string of the molecule is CCCC(CCC(C)O)C1=CCCCC1. The molecule has 1 aliphatic carbocycles. The Balaban J connectivity index is 2.44. The van der Waals surface area contributed by atoms with Gasteiger partial charge in [0.25, 0.3) is 0 Å². The molecule has 88 valence electrons. The molecule has 0 amide bonds. The lowest BCUT2D eigenvalue weighted by molar-refractivity contribution is 0.174. The van der Waals surface area contributed by atoms with Crippen molar-refractivity contribution < 1.29 is 5.11 Å². The second kappa shape index (κ2) is 7.05. The molecule has 0 aromatic heterocycles. The lowest BCUT2D eigenvalue weighted by Crippen LogP contribution is -2.10. The van der Waals surface area contributed by atoms with Crippen molar-refractivity contribution in [3.05, 3.63) is 11.6 Å². The van der Waals surface area contributed by atoms with Crippen LogP contribution in [0.1, 0.15) is 65.2 Å². The molecule has 0 fully saturated rings. The van der Waals surface area contributed by atoms with Crippen LogP contribution in [0.2, 0.25) is 0 Å². The molecule has 0 radical (unpaired) electrons. The Morgan fingerprint density at radius 3 is 2.60 bits per heavy atom. The number of aliphatic hydroxyl groups is 1. The predicted molar refractivity (Wildman–Crippen MR) is 65.9 cm³/mol. The van der Waals surface area contributed by atoms with Gasteiger partial charge in [0.2, 0.25) is 0 Å². The van der Waals surface area contributed by atoms with Gasteiger partial charge >= 0.3 is 0 Å². The third-order valence-electron chi connectivity index (χ3n) is 3.42. The van der Waals surface area contributed by atoms with E-state index in [-0.39, 0.29) is 6.10 Å². The molecule has 1 N–H and O–H groups in total. The summed E-state index contributed by atoms with van der Waals surface area (Å²) in [6, 6.07) is 0. The van der Waals surface area contributed by atoms with Crippen molar-refractivity contribution in [3.8, 4) is 0 Å². The highest BCUT2D eigenvalue weighted by atomic mass is 16.3. The Hall–Kier alpha value is -0.300. The average Bonchev–Trinajstić information content (AvgIpc) is 2.25. The fourth-order valence-electron chi connectivity index (χ4n) is 2.54. The van der Waals surface area contributed by atoms with Crippen molar-refractivity contribution in [2.75, 3.05) is 0 Å². The topological polar surface area (TPSA) is 20.2 Å². The second-order valence-electron chi connectivity index (χ2n) is 4.94. The van der Waals surface area contributed by atoms with E-state index in [1.807, 2.05) is 6.92 Å². The monoisotopic (exact) mass is 210 g/mol. The minimum absolute atomic E-state index is 0.131. The number of allylic oxidation sites excluding steroid dienone is 2. The zero-order valence-corrected chi connectivity index (χ0v) is 10.3. The van der Waals surface area contributed by atoms with E-state index in [0.29, 0.717) is 0 Å². The molecule has 15 heavy (non-hydrogen) atoms. The minimum atomic E-state index is -0.131. The summed E-state index contributed by atoms with van der Waals surface area (Å²) in [5.74, 6) is 0.755. The third kappa shape index (κ3) is 4.83. The summed E-state index contributed by atoms with van der Waals surface area (Å²) in [6.07, 6.45) is 12.4. The standard InChI is InChI=1S/C14H26O/c1-3-7-13(11-10-12(2)15)14-8-5-4-6-9-14/h8,12-13,15H,3-7,9-11H2,1-2H3. The van der Waals surface area contributed by atoms with Gasteiger partial charge in [-0.2, -0.15) is 0 Å². The highest BCUT2D eigenvalue weighted by Crippen LogP contribution is 2.30. The zero-order chi connectivity index (χ0) is 11.1. The Morgan fingerprint density at radius 2 is 2.07 bits per heavy atom. The van der Waals surface area contributed by atoms with Gasteiger partial charge in [-0.15, -0.1) is 0 Å². The van der Waals surface area contributed by atoms with Gasteiger partial charge in [-0.1, -0.05) is 25.0 Å². The quantitative estimate of drug-likeness (QED) is 0.655. The fraction of sp³-hybridized carbons (Fsp3) is 0.857. The molecule has 1 aliphatic rings. The van der Waals surface area contributed by atoms with Crippen molar-refractivity contribution in [2.45, 2.75) is 71.3 Å². The van der Waals surface area contributed by atoms with E-state index in [1.165, 1.54) is 44.9 Å². The van der Waals surface area contributed by atoms with Crippen molar-refractivity contribution in [1.29, 1.82) is 0 Å². The van der Waals surface area contributed by atoms with Crippen LogP contribution in [-0.4, -0.2) is 11.2 Å². The fourth-order valence-corrected chi connectivity index (χ4v) is 2.54. The van der Waals surface area contributed by atoms with E-state index in [4.69, 9.17) is 0 Å². The largest absolute Gasteiger partial charge is 0.393 e. The van der Waals surface area contributed by atoms with E-state index in [9.17, 15) is 5.11 Å². The third-order valence-corrected chi connectivity index (χ3v) is 3.42. The summed E-state index contributed by atoms with van der Waals surface area (Å²) in [5, 5.41) is 9.35. The van der Waals surface area contributed by atoms with Crippen LogP contribution < -0.4 is 0 Å². The van der Waals surface area contributed by atoms with Gasteiger partial charge in [-0.3, -0.25) is 0 Å². The Kier molecular flexibility index (Phi) is 6.00. The van der Waals surface area contributed by atoms with Crippen LogP contribution in [0.15, 0.2) is 11.6 Å². The van der Waals surface area contributed by atoms with Crippen LogP contribution in [0.5, 0.6) is 0 Å². The molecular formula is C14H26O. The normalized spacial score (nSPS) is 20.9. The first-order chi connectivity index (χ1) is 7.24. The molecule has 2 unspecified atom stereocenters. The molecule has 1 heteroatoms. The molecule has 1 nitrogen and oxygen atoms in total. The van der Waals surface area contributed by atoms with Gasteiger partial charge in [-0.25, -0.2) is 0 Å². The zero-order valence-electron chi connectivity index (χ0n) is 10.3. The van der Waals surface area contributed by atoms with Gasteiger partial charge in [0.05, 0.1) is 6.10 Å². The first kappa shape index (κ1) is 12.8. The summed E-state index contributed by atoms with van der Waals surface area (Å²) in [5.41, 5.74) is 1.68. The van der Waals surface area contributed by atoms with E-state index in [0.717, 1.165) is 12.3 Å². The predicted octanol–water partition coefficient (Wildman–Crippen LogP) is 4.06. The molecule has 0 aromatic rings. The van der Waals surface area contributed by atoms with Crippen molar-refractivity contribution in [1.82, 2.24) is 0 Å². The van der Waals surface area contributed by atoms with Crippen molar-refractivity contribution >= 4 is 0 Å². The van der Waals surface area contributed by atoms with E-state index >= 15 is 0 Å². The lowest BCUT2D eigenvalue weighted by atomic mass is 9.83. The number of aliphatic hydroxyl groups excluding tert-OH is 1. The number of hydrogen-bond acceptors (Lipinski definition) is 1. The summed E-state index contributed by atoms with van der Waals surface area (Å²) < 4.78 is 0. The molecule has 1 rings (SSSR count). The lowest BCUT2D eigenvalue weighted by Gasteiger charge is -2.23. The van der Waals surface area contributed by atoms with E-state index in [1.54, 1.807) is 5.57 Å². The van der Waals surface area contributed by atoms with Crippen LogP contribution in [0.25, 0.3) is 0 Å². The number of rotatable bonds is 6. The maximum Gasteiger partial charge on any atom is 0.0512 e. The molecule has 0 bridgehead atoms. The molecule has 0 saturated heterocycles. The Bertz CT molecular complexity index is 194. The average molecular weight is 210 g/mol. The van der Waals surface area contributed by atoms with Crippen molar-refractivity contribution in [2.24, 2.45) is 5.92 Å². The highest BCUT2D eigenvalue weighted by Gasteiger charge is 2.15.